The summed E-state index contributed by atoms with van der Waals surface area (Å²) in [6, 6.07) is 0.568. The maximum absolute atomic E-state index is 4.39. The van der Waals surface area contributed by atoms with Crippen LogP contribution >= 0.6 is 24.0 Å². The van der Waals surface area contributed by atoms with Crippen LogP contribution in [0.3, 0.4) is 0 Å². The van der Waals surface area contributed by atoms with Crippen molar-refractivity contribution in [2.24, 2.45) is 10.9 Å². The topological polar surface area (TPSA) is 57.5 Å². The number of nitrogens with one attached hydrogen (secondary N) is 2. The van der Waals surface area contributed by atoms with Gasteiger partial charge in [-0.25, -0.2) is 0 Å². The largest absolute Gasteiger partial charge is 0.356 e. The van der Waals surface area contributed by atoms with Crippen molar-refractivity contribution in [1.82, 2.24) is 25.3 Å². The monoisotopic (exact) mass is 490 g/mol. The Morgan fingerprint density at radius 3 is 2.44 bits per heavy atom. The molecule has 2 rings (SSSR count). The number of halogens is 1. The first kappa shape index (κ1) is 24.2. The first-order valence-corrected chi connectivity index (χ1v) is 10.3. The van der Waals surface area contributed by atoms with Crippen molar-refractivity contribution in [3.05, 3.63) is 18.0 Å². The van der Waals surface area contributed by atoms with Gasteiger partial charge in [0.2, 0.25) is 0 Å². The number of guanidine groups is 1. The fourth-order valence-electron chi connectivity index (χ4n) is 3.67. The average molecular weight is 490 g/mol. The third-order valence-electron chi connectivity index (χ3n) is 5.20. The molecule has 1 unspecified atom stereocenters. The number of rotatable bonds is 8. The molecule has 27 heavy (non-hydrogen) atoms. The van der Waals surface area contributed by atoms with Crippen LogP contribution in [-0.2, 0) is 6.54 Å². The maximum atomic E-state index is 4.39. The number of hydrogen-bond acceptors (Lipinski definition) is 3. The Labute approximate surface area is 182 Å². The Balaban J connectivity index is 0.00000364. The van der Waals surface area contributed by atoms with Gasteiger partial charge in [-0.3, -0.25) is 14.6 Å². The molecule has 0 saturated carbocycles. The summed E-state index contributed by atoms with van der Waals surface area (Å²) in [4.78, 5) is 7.06. The minimum absolute atomic E-state index is 0. The number of hydrogen-bond donors (Lipinski definition) is 2. The zero-order valence-electron chi connectivity index (χ0n) is 17.6. The lowest BCUT2D eigenvalue weighted by Gasteiger charge is -2.34. The maximum Gasteiger partial charge on any atom is 0.191 e. The minimum atomic E-state index is 0. The van der Waals surface area contributed by atoms with Gasteiger partial charge in [0.05, 0.1) is 6.20 Å². The highest BCUT2D eigenvalue weighted by Gasteiger charge is 2.22. The molecule has 1 fully saturated rings. The molecule has 0 aliphatic carbocycles. The van der Waals surface area contributed by atoms with E-state index in [1.165, 1.54) is 44.3 Å². The Kier molecular flexibility index (Phi) is 12.0. The van der Waals surface area contributed by atoms with Crippen LogP contribution in [0.4, 0.5) is 0 Å². The van der Waals surface area contributed by atoms with E-state index in [-0.39, 0.29) is 24.0 Å². The van der Waals surface area contributed by atoms with Crippen molar-refractivity contribution in [3.63, 3.8) is 0 Å². The van der Waals surface area contributed by atoms with E-state index in [9.17, 15) is 0 Å². The number of nitrogens with zero attached hydrogens (tertiary/aromatic N) is 4. The smallest absolute Gasteiger partial charge is 0.191 e. The van der Waals surface area contributed by atoms with Crippen LogP contribution in [0.25, 0.3) is 0 Å². The number of aliphatic imine (C=N–C) groups is 1. The van der Waals surface area contributed by atoms with E-state index in [4.69, 9.17) is 0 Å². The first-order chi connectivity index (χ1) is 12.6. The van der Waals surface area contributed by atoms with E-state index in [0.717, 1.165) is 32.0 Å². The van der Waals surface area contributed by atoms with Gasteiger partial charge in [-0.2, -0.15) is 5.10 Å². The van der Waals surface area contributed by atoms with Gasteiger partial charge in [0, 0.05) is 38.9 Å². The summed E-state index contributed by atoms with van der Waals surface area (Å²) in [6.45, 7) is 12.0. The Morgan fingerprint density at radius 1 is 1.19 bits per heavy atom. The molecule has 0 radical (unpaired) electrons. The van der Waals surface area contributed by atoms with Crippen LogP contribution < -0.4 is 10.6 Å². The lowest BCUT2D eigenvalue weighted by molar-refractivity contribution is 0.161. The van der Waals surface area contributed by atoms with Crippen molar-refractivity contribution in [2.75, 3.05) is 33.2 Å². The van der Waals surface area contributed by atoms with Crippen LogP contribution in [-0.4, -0.2) is 59.9 Å². The second kappa shape index (κ2) is 13.4. The zero-order chi connectivity index (χ0) is 18.8. The van der Waals surface area contributed by atoms with Crippen molar-refractivity contribution >= 4 is 29.9 Å². The zero-order valence-corrected chi connectivity index (χ0v) is 19.9. The molecule has 1 aromatic rings. The summed E-state index contributed by atoms with van der Waals surface area (Å²) < 4.78 is 2.00. The standard InChI is InChI=1S/C20H38N6.HI/c1-17(2)19(25-11-7-5-6-8-12-25)15-23-20(21-4)22-10-9-13-26-16-18(3)14-24-26;/h14,16-17,19H,5-13,15H2,1-4H3,(H2,21,22,23);1H. The summed E-state index contributed by atoms with van der Waals surface area (Å²) >= 11 is 0. The first-order valence-electron chi connectivity index (χ1n) is 10.3. The van der Waals surface area contributed by atoms with Gasteiger partial charge in [-0.1, -0.05) is 26.7 Å². The van der Waals surface area contributed by atoms with Crippen molar-refractivity contribution in [2.45, 2.75) is 65.5 Å². The third-order valence-corrected chi connectivity index (χ3v) is 5.20. The predicted molar refractivity (Wildman–Crippen MR) is 125 cm³/mol. The van der Waals surface area contributed by atoms with Gasteiger partial charge in [-0.15, -0.1) is 24.0 Å². The average Bonchev–Trinajstić information content (AvgIpc) is 2.86. The van der Waals surface area contributed by atoms with E-state index in [0.29, 0.717) is 12.0 Å². The molecule has 0 bridgehead atoms. The molecule has 7 heteroatoms. The van der Waals surface area contributed by atoms with Crippen molar-refractivity contribution in [3.8, 4) is 0 Å². The second-order valence-electron chi connectivity index (χ2n) is 7.78. The molecule has 2 heterocycles. The van der Waals surface area contributed by atoms with Gasteiger partial charge in [0.1, 0.15) is 0 Å². The summed E-state index contributed by atoms with van der Waals surface area (Å²) in [5, 5.41) is 11.3. The van der Waals surface area contributed by atoms with Gasteiger partial charge >= 0.3 is 0 Å². The molecule has 1 aliphatic rings. The van der Waals surface area contributed by atoms with E-state index < -0.39 is 0 Å². The highest BCUT2D eigenvalue weighted by Crippen LogP contribution is 2.17. The Bertz CT molecular complexity index is 534. The fraction of sp³-hybridized carbons (Fsp3) is 0.800. The minimum Gasteiger partial charge on any atom is -0.356 e. The highest BCUT2D eigenvalue weighted by atomic mass is 127. The molecule has 1 aliphatic heterocycles. The molecular weight excluding hydrogens is 451 g/mol. The van der Waals surface area contributed by atoms with E-state index in [1.807, 2.05) is 17.9 Å². The molecule has 6 nitrogen and oxygen atoms in total. The lowest BCUT2D eigenvalue weighted by atomic mass is 10.0. The molecule has 2 N–H and O–H groups in total. The number of aromatic nitrogens is 2. The van der Waals surface area contributed by atoms with E-state index in [2.05, 4.69) is 52.6 Å². The third kappa shape index (κ3) is 8.81. The summed E-state index contributed by atoms with van der Waals surface area (Å²) in [6.07, 6.45) is 10.5. The fourth-order valence-corrected chi connectivity index (χ4v) is 3.67. The predicted octanol–water partition coefficient (Wildman–Crippen LogP) is 3.27. The second-order valence-corrected chi connectivity index (χ2v) is 7.78. The lowest BCUT2D eigenvalue weighted by Crippen LogP contribution is -2.49. The molecule has 1 saturated heterocycles. The SMILES string of the molecule is CN=C(NCCCn1cc(C)cn1)NCC(C(C)C)N1CCCCCC1.I. The molecular formula is C20H39IN6. The van der Waals surface area contributed by atoms with Crippen LogP contribution in [0.1, 0.15) is 51.5 Å². The molecule has 0 amide bonds. The quantitative estimate of drug-likeness (QED) is 0.254. The van der Waals surface area contributed by atoms with Gasteiger partial charge in [-0.05, 0) is 50.8 Å². The summed E-state index contributed by atoms with van der Waals surface area (Å²) in [7, 11) is 1.85. The highest BCUT2D eigenvalue weighted by molar-refractivity contribution is 14.0. The summed E-state index contributed by atoms with van der Waals surface area (Å²) in [5.74, 6) is 1.55. The van der Waals surface area contributed by atoms with Crippen LogP contribution in [0.15, 0.2) is 17.4 Å². The van der Waals surface area contributed by atoms with E-state index >= 15 is 0 Å². The molecule has 156 valence electrons. The van der Waals surface area contributed by atoms with Gasteiger partial charge in [0.25, 0.3) is 0 Å². The van der Waals surface area contributed by atoms with E-state index in [1.54, 1.807) is 0 Å². The van der Waals surface area contributed by atoms with Crippen LogP contribution in [0, 0.1) is 12.8 Å². The Hall–Kier alpha value is -0.830. The van der Waals surface area contributed by atoms with Crippen molar-refractivity contribution in [1.29, 1.82) is 0 Å². The van der Waals surface area contributed by atoms with Crippen molar-refractivity contribution < 1.29 is 0 Å². The summed E-state index contributed by atoms with van der Waals surface area (Å²) in [5.41, 5.74) is 1.21. The molecule has 0 aromatic carbocycles. The number of aryl methyl sites for hydroxylation is 2. The number of likely N-dealkylation sites (tertiary alicyclic amines) is 1. The van der Waals surface area contributed by atoms with Gasteiger partial charge in [0.15, 0.2) is 5.96 Å². The van der Waals surface area contributed by atoms with Crippen LogP contribution in [0.2, 0.25) is 0 Å². The molecule has 1 aromatic heterocycles. The molecule has 1 atom stereocenters. The Morgan fingerprint density at radius 2 is 1.89 bits per heavy atom. The van der Waals surface area contributed by atoms with Crippen LogP contribution in [0.5, 0.6) is 0 Å². The normalized spacial score (nSPS) is 17.3. The molecule has 0 spiro atoms. The van der Waals surface area contributed by atoms with Gasteiger partial charge < -0.3 is 10.6 Å².